The second-order valence-electron chi connectivity index (χ2n) is 3.31. The number of hydrogen-bond acceptors (Lipinski definition) is 4. The lowest BCUT2D eigenvalue weighted by atomic mass is 10.4. The van der Waals surface area contributed by atoms with Crippen molar-refractivity contribution in [3.05, 3.63) is 18.1 Å². The SMILES string of the molecule is CCCNc1cnc(C(=O)NCC(F)F)cn1. The molecule has 0 bridgehead atoms. The van der Waals surface area contributed by atoms with Crippen molar-refractivity contribution >= 4 is 11.7 Å². The van der Waals surface area contributed by atoms with Crippen molar-refractivity contribution in [2.45, 2.75) is 19.8 Å². The number of aromatic nitrogens is 2. The minimum atomic E-state index is -2.57. The molecule has 1 aromatic heterocycles. The topological polar surface area (TPSA) is 66.9 Å². The summed E-state index contributed by atoms with van der Waals surface area (Å²) >= 11 is 0. The van der Waals surface area contributed by atoms with Crippen LogP contribution in [0, 0.1) is 0 Å². The number of hydrogen-bond donors (Lipinski definition) is 2. The number of halogens is 2. The van der Waals surface area contributed by atoms with Crippen LogP contribution in [0.1, 0.15) is 23.8 Å². The predicted octanol–water partition coefficient (Wildman–Crippen LogP) is 1.29. The fourth-order valence-electron chi connectivity index (χ4n) is 1.05. The van der Waals surface area contributed by atoms with Gasteiger partial charge in [0.1, 0.15) is 11.5 Å². The smallest absolute Gasteiger partial charge is 0.271 e. The first kappa shape index (κ1) is 13.3. The molecule has 0 aromatic carbocycles. The van der Waals surface area contributed by atoms with Crippen molar-refractivity contribution in [1.29, 1.82) is 0 Å². The van der Waals surface area contributed by atoms with E-state index in [1.807, 2.05) is 12.2 Å². The summed E-state index contributed by atoms with van der Waals surface area (Å²) in [5.74, 6) is -0.0999. The number of carbonyl (C=O) groups is 1. The van der Waals surface area contributed by atoms with E-state index in [1.54, 1.807) is 0 Å². The largest absolute Gasteiger partial charge is 0.369 e. The van der Waals surface area contributed by atoms with Crippen LogP contribution in [0.15, 0.2) is 12.4 Å². The monoisotopic (exact) mass is 244 g/mol. The number of alkyl halides is 2. The molecule has 1 aromatic rings. The lowest BCUT2D eigenvalue weighted by molar-refractivity contribution is 0.0886. The molecule has 0 saturated heterocycles. The normalized spacial score (nSPS) is 10.4. The fraction of sp³-hybridized carbons (Fsp3) is 0.500. The van der Waals surface area contributed by atoms with Gasteiger partial charge in [-0.05, 0) is 6.42 Å². The van der Waals surface area contributed by atoms with Gasteiger partial charge in [0.25, 0.3) is 12.3 Å². The van der Waals surface area contributed by atoms with Gasteiger partial charge in [-0.3, -0.25) is 4.79 Å². The average Bonchev–Trinajstić information content (AvgIpc) is 2.34. The molecule has 1 rings (SSSR count). The molecule has 0 fully saturated rings. The molecule has 7 heteroatoms. The van der Waals surface area contributed by atoms with Gasteiger partial charge in [0.05, 0.1) is 18.9 Å². The van der Waals surface area contributed by atoms with E-state index >= 15 is 0 Å². The highest BCUT2D eigenvalue weighted by molar-refractivity contribution is 5.91. The Bertz CT molecular complexity index is 356. The van der Waals surface area contributed by atoms with Crippen molar-refractivity contribution in [3.8, 4) is 0 Å². The molecule has 1 heterocycles. The minimum absolute atomic E-state index is 0.0210. The molecule has 94 valence electrons. The van der Waals surface area contributed by atoms with Crippen molar-refractivity contribution < 1.29 is 13.6 Å². The molecule has 0 saturated carbocycles. The van der Waals surface area contributed by atoms with Gasteiger partial charge >= 0.3 is 0 Å². The molecule has 2 N–H and O–H groups in total. The number of carbonyl (C=O) groups excluding carboxylic acids is 1. The molecule has 0 aliphatic heterocycles. The number of rotatable bonds is 6. The standard InChI is InChI=1S/C10H14F2N4O/c1-2-3-13-9-6-14-7(4-15-9)10(17)16-5-8(11)12/h4,6,8H,2-3,5H2,1H3,(H,13,15)(H,16,17). The van der Waals surface area contributed by atoms with E-state index in [-0.39, 0.29) is 5.69 Å². The van der Waals surface area contributed by atoms with Crippen LogP contribution in [0.25, 0.3) is 0 Å². The lowest BCUT2D eigenvalue weighted by Crippen LogP contribution is -2.29. The van der Waals surface area contributed by atoms with E-state index in [0.717, 1.165) is 13.0 Å². The molecule has 17 heavy (non-hydrogen) atoms. The molecular formula is C10H14F2N4O. The Morgan fingerprint density at radius 3 is 2.71 bits per heavy atom. The Balaban J connectivity index is 2.51. The van der Waals surface area contributed by atoms with Crippen molar-refractivity contribution in [2.75, 3.05) is 18.4 Å². The molecule has 0 radical (unpaired) electrons. The minimum Gasteiger partial charge on any atom is -0.369 e. The second kappa shape index (κ2) is 6.72. The van der Waals surface area contributed by atoms with Crippen molar-refractivity contribution in [3.63, 3.8) is 0 Å². The summed E-state index contributed by atoms with van der Waals surface area (Å²) in [7, 11) is 0. The molecular weight excluding hydrogens is 230 g/mol. The molecule has 5 nitrogen and oxygen atoms in total. The zero-order chi connectivity index (χ0) is 12.7. The Morgan fingerprint density at radius 1 is 1.41 bits per heavy atom. The van der Waals surface area contributed by atoms with E-state index < -0.39 is 18.9 Å². The Hall–Kier alpha value is -1.79. The molecule has 0 unspecified atom stereocenters. The highest BCUT2D eigenvalue weighted by atomic mass is 19.3. The van der Waals surface area contributed by atoms with Crippen LogP contribution in [0.5, 0.6) is 0 Å². The van der Waals surface area contributed by atoms with Gasteiger partial charge in [-0.2, -0.15) is 0 Å². The summed E-state index contributed by atoms with van der Waals surface area (Å²) in [5.41, 5.74) is 0.0210. The fourth-order valence-corrected chi connectivity index (χ4v) is 1.05. The highest BCUT2D eigenvalue weighted by Crippen LogP contribution is 2.01. The van der Waals surface area contributed by atoms with Gasteiger partial charge in [0, 0.05) is 6.54 Å². The first-order valence-electron chi connectivity index (χ1n) is 5.25. The predicted molar refractivity (Wildman–Crippen MR) is 59.1 cm³/mol. The third-order valence-corrected chi connectivity index (χ3v) is 1.86. The summed E-state index contributed by atoms with van der Waals surface area (Å²) in [5, 5.41) is 5.03. The van der Waals surface area contributed by atoms with Crippen LogP contribution in [0.2, 0.25) is 0 Å². The number of nitrogens with zero attached hydrogens (tertiary/aromatic N) is 2. The summed E-state index contributed by atoms with van der Waals surface area (Å²) in [6.45, 7) is 2.08. The van der Waals surface area contributed by atoms with Crippen LogP contribution >= 0.6 is 0 Å². The van der Waals surface area contributed by atoms with Crippen LogP contribution in [-0.4, -0.2) is 35.4 Å². The summed E-state index contributed by atoms with van der Waals surface area (Å²) in [6.07, 6.45) is 1.02. The van der Waals surface area contributed by atoms with Gasteiger partial charge < -0.3 is 10.6 Å². The van der Waals surface area contributed by atoms with Gasteiger partial charge in [-0.1, -0.05) is 6.92 Å². The first-order valence-corrected chi connectivity index (χ1v) is 5.25. The van der Waals surface area contributed by atoms with Crippen LogP contribution in [-0.2, 0) is 0 Å². The molecule has 0 aliphatic carbocycles. The summed E-state index contributed by atoms with van der Waals surface area (Å²) in [4.78, 5) is 19.1. The van der Waals surface area contributed by atoms with E-state index in [4.69, 9.17) is 0 Å². The molecule has 0 aliphatic rings. The summed E-state index contributed by atoms with van der Waals surface area (Å²) < 4.78 is 23.7. The van der Waals surface area contributed by atoms with E-state index in [2.05, 4.69) is 15.3 Å². The van der Waals surface area contributed by atoms with Crippen molar-refractivity contribution in [1.82, 2.24) is 15.3 Å². The van der Waals surface area contributed by atoms with E-state index in [0.29, 0.717) is 5.82 Å². The van der Waals surface area contributed by atoms with Crippen LogP contribution in [0.4, 0.5) is 14.6 Å². The first-order chi connectivity index (χ1) is 8.13. The number of nitrogens with one attached hydrogen (secondary N) is 2. The average molecular weight is 244 g/mol. The van der Waals surface area contributed by atoms with Gasteiger partial charge in [-0.25, -0.2) is 18.7 Å². The molecule has 0 atom stereocenters. The van der Waals surface area contributed by atoms with Gasteiger partial charge in [-0.15, -0.1) is 0 Å². The third kappa shape index (κ3) is 4.71. The van der Waals surface area contributed by atoms with Crippen LogP contribution in [0.3, 0.4) is 0 Å². The number of amides is 1. The zero-order valence-electron chi connectivity index (χ0n) is 9.41. The lowest BCUT2D eigenvalue weighted by Gasteiger charge is -2.05. The quantitative estimate of drug-likeness (QED) is 0.791. The van der Waals surface area contributed by atoms with E-state index in [1.165, 1.54) is 12.4 Å². The second-order valence-corrected chi connectivity index (χ2v) is 3.31. The van der Waals surface area contributed by atoms with Crippen LogP contribution < -0.4 is 10.6 Å². The van der Waals surface area contributed by atoms with E-state index in [9.17, 15) is 13.6 Å². The Labute approximate surface area is 97.7 Å². The molecule has 1 amide bonds. The number of anilines is 1. The molecule has 0 spiro atoms. The van der Waals surface area contributed by atoms with Gasteiger partial charge in [0.2, 0.25) is 0 Å². The Morgan fingerprint density at radius 2 is 2.18 bits per heavy atom. The van der Waals surface area contributed by atoms with Gasteiger partial charge in [0.15, 0.2) is 0 Å². The maximum atomic E-state index is 11.9. The zero-order valence-corrected chi connectivity index (χ0v) is 9.41. The van der Waals surface area contributed by atoms with Crippen molar-refractivity contribution in [2.24, 2.45) is 0 Å². The maximum Gasteiger partial charge on any atom is 0.271 e. The third-order valence-electron chi connectivity index (χ3n) is 1.86. The maximum absolute atomic E-state index is 11.9. The highest BCUT2D eigenvalue weighted by Gasteiger charge is 2.10. The Kier molecular flexibility index (Phi) is 5.25. The summed E-state index contributed by atoms with van der Waals surface area (Å²) in [6, 6.07) is 0.